The van der Waals surface area contributed by atoms with Crippen molar-refractivity contribution in [2.75, 3.05) is 0 Å². The summed E-state index contributed by atoms with van der Waals surface area (Å²) in [7, 11) is 0. The van der Waals surface area contributed by atoms with Gasteiger partial charge in [0, 0.05) is 12.2 Å². The molecule has 3 nitrogen and oxygen atoms in total. The monoisotopic (exact) mass is 237 g/mol. The maximum atomic E-state index is 12.4. The summed E-state index contributed by atoms with van der Waals surface area (Å²) in [6, 6.07) is 1.98. The number of unbranched alkanes of at least 4 members (excludes halogenated alkanes) is 1. The first-order chi connectivity index (χ1) is 7.79. The van der Waals surface area contributed by atoms with Crippen LogP contribution in [0.1, 0.15) is 50.4 Å². The summed E-state index contributed by atoms with van der Waals surface area (Å²) in [5.41, 5.74) is 1.22. The van der Waals surface area contributed by atoms with Crippen LogP contribution < -0.4 is 5.56 Å². The van der Waals surface area contributed by atoms with E-state index in [4.69, 9.17) is 0 Å². The van der Waals surface area contributed by atoms with Crippen LogP contribution in [0, 0.1) is 13.8 Å². The highest BCUT2D eigenvalue weighted by molar-refractivity contribution is 5.30. The summed E-state index contributed by atoms with van der Waals surface area (Å²) in [6.45, 7) is 9.98. The molecular formula is C14H23NO2. The van der Waals surface area contributed by atoms with Gasteiger partial charge in [-0.15, -0.1) is 0 Å². The molecule has 1 N–H and O–H groups in total. The third kappa shape index (κ3) is 2.97. The van der Waals surface area contributed by atoms with E-state index in [9.17, 15) is 9.90 Å². The highest BCUT2D eigenvalue weighted by atomic mass is 16.3. The minimum atomic E-state index is -1.08. The number of hydrogen-bond donors (Lipinski definition) is 1. The van der Waals surface area contributed by atoms with E-state index in [1.807, 2.05) is 19.9 Å². The molecule has 1 aromatic rings. The van der Waals surface area contributed by atoms with Crippen molar-refractivity contribution in [3.63, 3.8) is 0 Å². The van der Waals surface area contributed by atoms with E-state index in [2.05, 4.69) is 6.92 Å². The van der Waals surface area contributed by atoms with Crippen molar-refractivity contribution in [3.8, 4) is 0 Å². The molecule has 0 amide bonds. The molecule has 0 aromatic carbocycles. The Morgan fingerprint density at radius 1 is 1.35 bits per heavy atom. The quantitative estimate of drug-likeness (QED) is 0.874. The fourth-order valence-corrected chi connectivity index (χ4v) is 2.27. The molecule has 0 radical (unpaired) electrons. The summed E-state index contributed by atoms with van der Waals surface area (Å²) in [6.07, 6.45) is 2.03. The van der Waals surface area contributed by atoms with Crippen molar-refractivity contribution in [3.05, 3.63) is 33.2 Å². The second kappa shape index (κ2) is 5.05. The Hall–Kier alpha value is -1.09. The third-order valence-corrected chi connectivity index (χ3v) is 3.05. The molecule has 17 heavy (non-hydrogen) atoms. The Balaban J connectivity index is 3.39. The molecule has 0 fully saturated rings. The molecule has 0 saturated carbocycles. The maximum Gasteiger partial charge on any atom is 0.257 e. The molecule has 0 aliphatic heterocycles. The topological polar surface area (TPSA) is 42.2 Å². The SMILES string of the molecule is CCCCn1c(C)cc(C)c(C(C)(C)O)c1=O. The first-order valence-corrected chi connectivity index (χ1v) is 6.23. The average molecular weight is 237 g/mol. The predicted octanol–water partition coefficient (Wildman–Crippen LogP) is 2.49. The average Bonchev–Trinajstić information content (AvgIpc) is 2.14. The van der Waals surface area contributed by atoms with E-state index in [1.54, 1.807) is 18.4 Å². The van der Waals surface area contributed by atoms with Crippen LogP contribution >= 0.6 is 0 Å². The van der Waals surface area contributed by atoms with Gasteiger partial charge >= 0.3 is 0 Å². The van der Waals surface area contributed by atoms with Crippen LogP contribution in [0.25, 0.3) is 0 Å². The number of aliphatic hydroxyl groups is 1. The minimum absolute atomic E-state index is 0.0524. The summed E-state index contributed by atoms with van der Waals surface area (Å²) in [5, 5.41) is 10.1. The van der Waals surface area contributed by atoms with E-state index in [1.165, 1.54) is 0 Å². The number of rotatable bonds is 4. The largest absolute Gasteiger partial charge is 0.386 e. The van der Waals surface area contributed by atoms with Gasteiger partial charge in [-0.2, -0.15) is 0 Å². The maximum absolute atomic E-state index is 12.4. The van der Waals surface area contributed by atoms with Gasteiger partial charge in [0.2, 0.25) is 0 Å². The van der Waals surface area contributed by atoms with E-state index in [0.29, 0.717) is 5.56 Å². The Morgan fingerprint density at radius 3 is 2.41 bits per heavy atom. The van der Waals surface area contributed by atoms with Gasteiger partial charge in [0.1, 0.15) is 0 Å². The van der Waals surface area contributed by atoms with Crippen LogP contribution in [-0.4, -0.2) is 9.67 Å². The van der Waals surface area contributed by atoms with Crippen LogP contribution in [0.3, 0.4) is 0 Å². The molecule has 3 heteroatoms. The number of hydrogen-bond acceptors (Lipinski definition) is 2. The van der Waals surface area contributed by atoms with Gasteiger partial charge < -0.3 is 9.67 Å². The van der Waals surface area contributed by atoms with Gasteiger partial charge in [0.25, 0.3) is 5.56 Å². The predicted molar refractivity (Wildman–Crippen MR) is 70.3 cm³/mol. The van der Waals surface area contributed by atoms with Crippen molar-refractivity contribution in [1.29, 1.82) is 0 Å². The van der Waals surface area contributed by atoms with Gasteiger partial charge in [-0.1, -0.05) is 13.3 Å². The molecular weight excluding hydrogens is 214 g/mol. The molecule has 96 valence electrons. The van der Waals surface area contributed by atoms with Crippen molar-refractivity contribution in [1.82, 2.24) is 4.57 Å². The smallest absolute Gasteiger partial charge is 0.257 e. The zero-order valence-corrected chi connectivity index (χ0v) is 11.5. The summed E-state index contributed by atoms with van der Waals surface area (Å²) < 4.78 is 1.77. The van der Waals surface area contributed by atoms with Crippen molar-refractivity contribution < 1.29 is 5.11 Å². The Morgan fingerprint density at radius 2 is 1.94 bits per heavy atom. The van der Waals surface area contributed by atoms with Gasteiger partial charge in [0.05, 0.1) is 11.2 Å². The zero-order valence-electron chi connectivity index (χ0n) is 11.5. The first kappa shape index (κ1) is 14.0. The molecule has 1 heterocycles. The van der Waals surface area contributed by atoms with E-state index >= 15 is 0 Å². The molecule has 1 rings (SSSR count). The summed E-state index contributed by atoms with van der Waals surface area (Å²) in [5.74, 6) is 0. The third-order valence-electron chi connectivity index (χ3n) is 3.05. The van der Waals surface area contributed by atoms with Crippen LogP contribution in [0.2, 0.25) is 0 Å². The fraction of sp³-hybridized carbons (Fsp3) is 0.643. The molecule has 0 atom stereocenters. The molecule has 0 spiro atoms. The molecule has 0 saturated heterocycles. The number of aryl methyl sites for hydroxylation is 2. The van der Waals surface area contributed by atoms with E-state index in [-0.39, 0.29) is 5.56 Å². The number of nitrogens with zero attached hydrogens (tertiary/aromatic N) is 1. The van der Waals surface area contributed by atoms with E-state index in [0.717, 1.165) is 30.6 Å². The second-order valence-corrected chi connectivity index (χ2v) is 5.21. The lowest BCUT2D eigenvalue weighted by Gasteiger charge is -2.22. The van der Waals surface area contributed by atoms with Gasteiger partial charge in [-0.25, -0.2) is 0 Å². The first-order valence-electron chi connectivity index (χ1n) is 6.23. The molecule has 1 aromatic heterocycles. The number of pyridine rings is 1. The van der Waals surface area contributed by atoms with E-state index < -0.39 is 5.60 Å². The lowest BCUT2D eigenvalue weighted by atomic mass is 9.95. The molecule has 0 aliphatic rings. The highest BCUT2D eigenvalue weighted by Gasteiger charge is 2.24. The molecule has 0 unspecified atom stereocenters. The fourth-order valence-electron chi connectivity index (χ4n) is 2.27. The zero-order chi connectivity index (χ0) is 13.2. The summed E-state index contributed by atoms with van der Waals surface area (Å²) in [4.78, 5) is 12.4. The van der Waals surface area contributed by atoms with Crippen LogP contribution in [-0.2, 0) is 12.1 Å². The van der Waals surface area contributed by atoms with Gasteiger partial charge in [0.15, 0.2) is 0 Å². The summed E-state index contributed by atoms with van der Waals surface area (Å²) >= 11 is 0. The molecule has 0 aliphatic carbocycles. The van der Waals surface area contributed by atoms with Crippen molar-refractivity contribution in [2.24, 2.45) is 0 Å². The van der Waals surface area contributed by atoms with Gasteiger partial charge in [-0.3, -0.25) is 4.79 Å². The standard InChI is InChI=1S/C14H23NO2/c1-6-7-8-15-11(3)9-10(2)12(13(15)16)14(4,5)17/h9,17H,6-8H2,1-5H3. The highest BCUT2D eigenvalue weighted by Crippen LogP contribution is 2.20. The van der Waals surface area contributed by atoms with Crippen LogP contribution in [0.15, 0.2) is 10.9 Å². The molecule has 0 bridgehead atoms. The minimum Gasteiger partial charge on any atom is -0.386 e. The number of aromatic nitrogens is 1. The second-order valence-electron chi connectivity index (χ2n) is 5.21. The normalized spacial score (nSPS) is 11.9. The van der Waals surface area contributed by atoms with Crippen LogP contribution in [0.4, 0.5) is 0 Å². The van der Waals surface area contributed by atoms with Crippen LogP contribution in [0.5, 0.6) is 0 Å². The Labute approximate surface area is 103 Å². The van der Waals surface area contributed by atoms with Gasteiger partial charge in [-0.05, 0) is 45.7 Å². The van der Waals surface area contributed by atoms with Crippen molar-refractivity contribution in [2.45, 2.75) is 59.6 Å². The Bertz CT molecular complexity index is 453. The van der Waals surface area contributed by atoms with Crippen molar-refractivity contribution >= 4 is 0 Å². The lowest BCUT2D eigenvalue weighted by molar-refractivity contribution is 0.0757. The Kier molecular flexibility index (Phi) is 4.15. The lowest BCUT2D eigenvalue weighted by Crippen LogP contribution is -2.34.